The van der Waals surface area contributed by atoms with E-state index < -0.39 is 29.6 Å². The van der Waals surface area contributed by atoms with Crippen LogP contribution >= 0.6 is 23.2 Å². The molecule has 0 saturated carbocycles. The molecule has 0 bridgehead atoms. The maximum Gasteiger partial charge on any atom is 0.265 e. The molecule has 1 fully saturated rings. The van der Waals surface area contributed by atoms with Gasteiger partial charge in [-0.1, -0.05) is 29.3 Å². The van der Waals surface area contributed by atoms with Crippen molar-refractivity contribution in [2.24, 2.45) is 0 Å². The molecular formula is C17H12Cl2FN3O3. The lowest BCUT2D eigenvalue weighted by Crippen LogP contribution is -2.48. The number of hydrogen-bond acceptors (Lipinski definition) is 4. The predicted octanol–water partition coefficient (Wildman–Crippen LogP) is 2.70. The molecule has 0 spiro atoms. The SMILES string of the molecule is O=C(NN[C@H]1CC(=O)N(c2cc(Cl)cc(Cl)c2)C1=O)c1cccc(F)c1. The molecular weight excluding hydrogens is 384 g/mol. The molecule has 0 unspecified atom stereocenters. The van der Waals surface area contributed by atoms with Crippen molar-refractivity contribution in [2.75, 3.05) is 4.90 Å². The number of nitrogens with zero attached hydrogens (tertiary/aromatic N) is 1. The molecule has 134 valence electrons. The monoisotopic (exact) mass is 395 g/mol. The first kappa shape index (κ1) is 18.3. The molecule has 6 nitrogen and oxygen atoms in total. The van der Waals surface area contributed by atoms with Crippen LogP contribution in [0.15, 0.2) is 42.5 Å². The molecule has 9 heteroatoms. The third-order valence-corrected chi connectivity index (χ3v) is 4.14. The molecule has 26 heavy (non-hydrogen) atoms. The first-order valence-corrected chi connectivity index (χ1v) is 8.25. The summed E-state index contributed by atoms with van der Waals surface area (Å²) in [6.45, 7) is 0. The Morgan fingerprint density at radius 3 is 2.46 bits per heavy atom. The van der Waals surface area contributed by atoms with Crippen LogP contribution in [0.1, 0.15) is 16.8 Å². The number of rotatable bonds is 4. The smallest absolute Gasteiger partial charge is 0.265 e. The van der Waals surface area contributed by atoms with E-state index in [1.165, 1.54) is 36.4 Å². The average Bonchev–Trinajstić information content (AvgIpc) is 2.85. The molecule has 2 aromatic rings. The fraction of sp³-hybridized carbons (Fsp3) is 0.118. The number of nitrogens with one attached hydrogen (secondary N) is 2. The first-order chi connectivity index (χ1) is 12.3. The molecule has 0 radical (unpaired) electrons. The second-order valence-electron chi connectivity index (χ2n) is 5.56. The van der Waals surface area contributed by atoms with Crippen molar-refractivity contribution >= 4 is 46.6 Å². The minimum atomic E-state index is -0.960. The summed E-state index contributed by atoms with van der Waals surface area (Å²) in [4.78, 5) is 37.6. The van der Waals surface area contributed by atoms with E-state index in [1.54, 1.807) is 0 Å². The summed E-state index contributed by atoms with van der Waals surface area (Å²) >= 11 is 11.8. The van der Waals surface area contributed by atoms with Crippen LogP contribution in [0.3, 0.4) is 0 Å². The lowest BCUT2D eigenvalue weighted by Gasteiger charge is -2.16. The summed E-state index contributed by atoms with van der Waals surface area (Å²) in [5, 5.41) is 0.563. The quantitative estimate of drug-likeness (QED) is 0.616. The van der Waals surface area contributed by atoms with Crippen LogP contribution in [0, 0.1) is 5.82 Å². The van der Waals surface area contributed by atoms with E-state index in [4.69, 9.17) is 23.2 Å². The second-order valence-corrected chi connectivity index (χ2v) is 6.43. The van der Waals surface area contributed by atoms with Crippen molar-refractivity contribution in [1.82, 2.24) is 10.9 Å². The summed E-state index contributed by atoms with van der Waals surface area (Å²) in [6.07, 6.45) is -0.160. The van der Waals surface area contributed by atoms with Gasteiger partial charge in [-0.2, -0.15) is 0 Å². The average molecular weight is 396 g/mol. The number of hydrazine groups is 1. The van der Waals surface area contributed by atoms with Gasteiger partial charge in [0.1, 0.15) is 11.9 Å². The van der Waals surface area contributed by atoms with Crippen LogP contribution in [0.5, 0.6) is 0 Å². The molecule has 1 heterocycles. The van der Waals surface area contributed by atoms with Gasteiger partial charge in [-0.3, -0.25) is 19.8 Å². The fourth-order valence-electron chi connectivity index (χ4n) is 2.54. The van der Waals surface area contributed by atoms with E-state index in [1.807, 2.05) is 0 Å². The van der Waals surface area contributed by atoms with Gasteiger partial charge in [-0.05, 0) is 36.4 Å². The Hall–Kier alpha value is -2.48. The van der Waals surface area contributed by atoms with Gasteiger partial charge in [0.05, 0.1) is 12.1 Å². The molecule has 2 N–H and O–H groups in total. The maximum absolute atomic E-state index is 13.2. The van der Waals surface area contributed by atoms with Crippen molar-refractivity contribution in [1.29, 1.82) is 0 Å². The van der Waals surface area contributed by atoms with E-state index in [2.05, 4.69) is 10.9 Å². The molecule has 2 aromatic carbocycles. The number of hydrogen-bond donors (Lipinski definition) is 2. The lowest BCUT2D eigenvalue weighted by atomic mass is 10.2. The normalized spacial score (nSPS) is 16.9. The summed E-state index contributed by atoms with van der Waals surface area (Å²) in [5.41, 5.74) is 5.14. The van der Waals surface area contributed by atoms with Crippen LogP contribution < -0.4 is 15.8 Å². The number of carbonyl (C=O) groups is 3. The minimum Gasteiger partial charge on any atom is -0.287 e. The molecule has 1 saturated heterocycles. The molecule has 3 rings (SSSR count). The molecule has 3 amide bonds. The summed E-state index contributed by atoms with van der Waals surface area (Å²) < 4.78 is 13.2. The topological polar surface area (TPSA) is 78.5 Å². The van der Waals surface area contributed by atoms with Crippen molar-refractivity contribution in [3.8, 4) is 0 Å². The third-order valence-electron chi connectivity index (χ3n) is 3.70. The summed E-state index contributed by atoms with van der Waals surface area (Å²) in [5.74, 6) is -2.22. The number of anilines is 1. The molecule has 1 aliphatic rings. The Balaban J connectivity index is 1.70. The molecule has 0 aromatic heterocycles. The number of carbonyl (C=O) groups excluding carboxylic acids is 3. The van der Waals surface area contributed by atoms with E-state index in [0.29, 0.717) is 0 Å². The predicted molar refractivity (Wildman–Crippen MR) is 94.4 cm³/mol. The molecule has 0 aliphatic carbocycles. The third kappa shape index (κ3) is 3.85. The zero-order valence-corrected chi connectivity index (χ0v) is 14.6. The van der Waals surface area contributed by atoms with Crippen LogP contribution in [-0.4, -0.2) is 23.8 Å². The van der Waals surface area contributed by atoms with E-state index in [0.717, 1.165) is 11.0 Å². The lowest BCUT2D eigenvalue weighted by molar-refractivity contribution is -0.121. The van der Waals surface area contributed by atoms with Gasteiger partial charge in [0.15, 0.2) is 0 Å². The van der Waals surface area contributed by atoms with Gasteiger partial charge in [-0.25, -0.2) is 14.7 Å². The fourth-order valence-corrected chi connectivity index (χ4v) is 3.05. The summed E-state index contributed by atoms with van der Waals surface area (Å²) in [6, 6.07) is 8.47. The van der Waals surface area contributed by atoms with Gasteiger partial charge in [0.2, 0.25) is 5.91 Å². The van der Waals surface area contributed by atoms with E-state index in [9.17, 15) is 18.8 Å². The van der Waals surface area contributed by atoms with E-state index in [-0.39, 0.29) is 27.7 Å². The van der Waals surface area contributed by atoms with Gasteiger partial charge < -0.3 is 0 Å². The van der Waals surface area contributed by atoms with Crippen LogP contribution in [0.4, 0.5) is 10.1 Å². The number of amides is 3. The largest absolute Gasteiger partial charge is 0.287 e. The Morgan fingerprint density at radius 1 is 1.12 bits per heavy atom. The number of halogens is 3. The Labute approximate surface area is 157 Å². The zero-order chi connectivity index (χ0) is 18.8. The minimum absolute atomic E-state index is 0.0766. The van der Waals surface area contributed by atoms with Crippen LogP contribution in [-0.2, 0) is 9.59 Å². The standard InChI is InChI=1S/C17H12Cl2FN3O3/c18-10-5-11(19)7-13(6-10)23-15(24)8-14(17(23)26)21-22-16(25)9-2-1-3-12(20)4-9/h1-7,14,21H,8H2,(H,22,25)/t14-/m0/s1. The van der Waals surface area contributed by atoms with Gasteiger partial charge in [-0.15, -0.1) is 0 Å². The van der Waals surface area contributed by atoms with Crippen molar-refractivity contribution in [3.63, 3.8) is 0 Å². The Bertz CT molecular complexity index is 886. The van der Waals surface area contributed by atoms with Crippen molar-refractivity contribution in [3.05, 3.63) is 63.9 Å². The van der Waals surface area contributed by atoms with Crippen molar-refractivity contribution < 1.29 is 18.8 Å². The Kier molecular flexibility index (Phi) is 5.22. The van der Waals surface area contributed by atoms with Crippen LogP contribution in [0.2, 0.25) is 10.0 Å². The molecule has 1 aliphatic heterocycles. The highest BCUT2D eigenvalue weighted by molar-refractivity contribution is 6.35. The highest BCUT2D eigenvalue weighted by Gasteiger charge is 2.40. The molecule has 1 atom stereocenters. The van der Waals surface area contributed by atoms with E-state index >= 15 is 0 Å². The summed E-state index contributed by atoms with van der Waals surface area (Å²) in [7, 11) is 0. The second kappa shape index (κ2) is 7.41. The van der Waals surface area contributed by atoms with Gasteiger partial charge in [0.25, 0.3) is 11.8 Å². The number of benzene rings is 2. The first-order valence-electron chi connectivity index (χ1n) is 7.49. The zero-order valence-electron chi connectivity index (χ0n) is 13.1. The van der Waals surface area contributed by atoms with Gasteiger partial charge in [0, 0.05) is 15.6 Å². The van der Waals surface area contributed by atoms with Crippen LogP contribution in [0.25, 0.3) is 0 Å². The highest BCUT2D eigenvalue weighted by Crippen LogP contribution is 2.29. The van der Waals surface area contributed by atoms with Gasteiger partial charge >= 0.3 is 0 Å². The Morgan fingerprint density at radius 2 is 1.81 bits per heavy atom. The van der Waals surface area contributed by atoms with Crippen molar-refractivity contribution in [2.45, 2.75) is 12.5 Å². The number of imide groups is 1. The maximum atomic E-state index is 13.2. The highest BCUT2D eigenvalue weighted by atomic mass is 35.5.